The number of nitrogens with zero attached hydrogens (tertiary/aromatic N) is 4. The number of amides is 8. The highest BCUT2D eigenvalue weighted by atomic mass is 16.2. The quantitative estimate of drug-likeness (QED) is 0.0658. The third kappa shape index (κ3) is 21.0. The third-order valence-electron chi connectivity index (χ3n) is 16.6. The first kappa shape index (κ1) is 78.9. The molecule has 3 aliphatic carbocycles. The fraction of sp³-hybridized carbons (Fsp3) is 0.301. The SMILES string of the molecule is CC(CCN1C(=O)C=CC1=O)CC(C)(C)CN1C(=O)C=CC1=O.CCC.CCC.CCc1cc(Cc2cc(C)c(N3C(=O)C=CC3=O)c(CC)c2)cc(C)c1N1C(=O)C=CC1=O.O=C1C=CC(=O)C1c1ccccc1.O=C1C=CC(=O)C1c1ccccc1.O=C1C=CC(=O)C1c1ccccc1. The van der Waals surface area contributed by atoms with E-state index in [1.165, 1.54) is 118 Å². The molecule has 12 rings (SSSR count). The van der Waals surface area contributed by atoms with E-state index in [0.29, 0.717) is 50.1 Å². The van der Waals surface area contributed by atoms with Gasteiger partial charge >= 0.3 is 0 Å². The fourth-order valence-electron chi connectivity index (χ4n) is 12.3. The summed E-state index contributed by atoms with van der Waals surface area (Å²) in [7, 11) is 0. The van der Waals surface area contributed by atoms with Crippen molar-refractivity contribution in [3.63, 3.8) is 0 Å². The summed E-state index contributed by atoms with van der Waals surface area (Å²) >= 11 is 0. The first-order chi connectivity index (χ1) is 48.1. The number of allylic oxidation sites excluding steroid dienone is 6. The topological polar surface area (TPSA) is 252 Å². The van der Waals surface area contributed by atoms with Crippen molar-refractivity contribution < 1.29 is 67.1 Å². The molecule has 4 heterocycles. The molecule has 0 fully saturated rings. The third-order valence-corrected chi connectivity index (χ3v) is 16.6. The Balaban J connectivity index is 0.000000205. The summed E-state index contributed by atoms with van der Waals surface area (Å²) in [4.78, 5) is 168. The van der Waals surface area contributed by atoms with Crippen LogP contribution in [-0.2, 0) is 86.4 Å². The van der Waals surface area contributed by atoms with E-state index in [9.17, 15) is 67.1 Å². The summed E-state index contributed by atoms with van der Waals surface area (Å²) in [6.07, 6.45) is 24.5. The molecule has 1 atom stereocenters. The van der Waals surface area contributed by atoms with Gasteiger partial charge in [0, 0.05) is 61.7 Å². The minimum absolute atomic E-state index is 0.115. The molecule has 5 aromatic rings. The highest BCUT2D eigenvalue weighted by Crippen LogP contribution is 2.35. The van der Waals surface area contributed by atoms with Crippen molar-refractivity contribution in [2.75, 3.05) is 22.9 Å². The maximum atomic E-state index is 12.2. The molecule has 5 aromatic carbocycles. The van der Waals surface area contributed by atoms with Gasteiger partial charge in [0.15, 0.2) is 34.7 Å². The van der Waals surface area contributed by atoms with Gasteiger partial charge in [-0.3, -0.25) is 76.9 Å². The van der Waals surface area contributed by atoms with Crippen LogP contribution in [0.1, 0.15) is 156 Å². The van der Waals surface area contributed by atoms with Crippen molar-refractivity contribution in [2.45, 2.75) is 139 Å². The Labute approximate surface area is 590 Å². The zero-order chi connectivity index (χ0) is 74.3. The number of benzene rings is 5. The number of anilines is 2. The Hall–Kier alpha value is -11.1. The number of aryl methyl sites for hydroxylation is 4. The van der Waals surface area contributed by atoms with Crippen LogP contribution in [0.25, 0.3) is 0 Å². The Bertz CT molecular complexity index is 3820. The second kappa shape index (κ2) is 37.2. The number of rotatable bonds is 16. The second-order valence-electron chi connectivity index (χ2n) is 25.8. The van der Waals surface area contributed by atoms with Crippen LogP contribution in [0.3, 0.4) is 0 Å². The molecule has 8 amide bonds. The van der Waals surface area contributed by atoms with E-state index in [1.807, 2.05) is 127 Å². The number of carbonyl (C=O) groups excluding carboxylic acids is 14. The maximum absolute atomic E-state index is 12.2. The minimum atomic E-state index is -0.582. The molecule has 7 aliphatic rings. The number of hydrogen-bond donors (Lipinski definition) is 0. The molecule has 1 unspecified atom stereocenters. The van der Waals surface area contributed by atoms with Crippen molar-refractivity contribution in [1.82, 2.24) is 9.80 Å². The molecule has 524 valence electrons. The van der Waals surface area contributed by atoms with Gasteiger partial charge < -0.3 is 0 Å². The van der Waals surface area contributed by atoms with Crippen LogP contribution >= 0.6 is 0 Å². The largest absolute Gasteiger partial charge is 0.294 e. The lowest BCUT2D eigenvalue weighted by molar-refractivity contribution is -0.140. The van der Waals surface area contributed by atoms with Crippen LogP contribution < -0.4 is 9.80 Å². The van der Waals surface area contributed by atoms with E-state index in [0.717, 1.165) is 56.5 Å². The number of imide groups is 4. The summed E-state index contributed by atoms with van der Waals surface area (Å²) in [6, 6.07) is 35.5. The zero-order valence-electron chi connectivity index (χ0n) is 59.2. The van der Waals surface area contributed by atoms with Crippen LogP contribution in [0.5, 0.6) is 0 Å². The molecule has 18 nitrogen and oxygen atoms in total. The standard InChI is InChI=1S/C27H26N2O4.C17H22N2O4.3C11H8O2.2C3H8/c1-5-20-14-18(11-16(3)26(20)28-22(30)7-8-23(28)31)13-19-12-17(4)27(21(6-2)15-19)29-24(32)9-10-25(29)33;1-12(8-9-18-13(20)4-5-14(18)21)10-17(2,3)11-19-15(22)6-7-16(19)23;3*12-9-6-7-10(13)11(9)8-4-2-1-3-5-8;2*1-3-2/h7-12,14-15H,5-6,13H2,1-4H3;4-7,12H,8-11H2,1-3H3;3*1-7,11H;2*3H2,1-2H3. The van der Waals surface area contributed by atoms with E-state index >= 15 is 0 Å². The number of carbonyl (C=O) groups is 14. The smallest absolute Gasteiger partial charge is 0.258 e. The lowest BCUT2D eigenvalue weighted by Crippen LogP contribution is -2.39. The molecule has 101 heavy (non-hydrogen) atoms. The van der Waals surface area contributed by atoms with Gasteiger partial charge in [0.25, 0.3) is 47.3 Å². The Morgan fingerprint density at radius 3 is 0.911 bits per heavy atom. The van der Waals surface area contributed by atoms with E-state index in [4.69, 9.17) is 0 Å². The molecule has 4 aliphatic heterocycles. The molecule has 0 spiro atoms. The highest BCUT2D eigenvalue weighted by Gasteiger charge is 2.35. The van der Waals surface area contributed by atoms with Crippen LogP contribution in [0, 0.1) is 25.2 Å². The Morgan fingerprint density at radius 2 is 0.634 bits per heavy atom. The molecule has 18 heteroatoms. The number of hydrogen-bond acceptors (Lipinski definition) is 14. The molecule has 0 saturated carbocycles. The van der Waals surface area contributed by atoms with Crippen molar-refractivity contribution in [3.8, 4) is 0 Å². The van der Waals surface area contributed by atoms with Gasteiger partial charge in [-0.05, 0) is 144 Å². The van der Waals surface area contributed by atoms with E-state index in [1.54, 1.807) is 36.4 Å². The lowest BCUT2D eigenvalue weighted by atomic mass is 9.81. The predicted molar refractivity (Wildman–Crippen MR) is 388 cm³/mol. The molecule has 0 saturated heterocycles. The van der Waals surface area contributed by atoms with Gasteiger partial charge in [-0.2, -0.15) is 0 Å². The zero-order valence-corrected chi connectivity index (χ0v) is 59.2. The Morgan fingerprint density at radius 1 is 0.366 bits per heavy atom. The summed E-state index contributed by atoms with van der Waals surface area (Å²) in [6.45, 7) is 23.2. The van der Waals surface area contributed by atoms with E-state index in [2.05, 4.69) is 27.7 Å². The van der Waals surface area contributed by atoms with Gasteiger partial charge in [-0.15, -0.1) is 0 Å². The first-order valence-corrected chi connectivity index (χ1v) is 34.0. The van der Waals surface area contributed by atoms with E-state index in [-0.39, 0.29) is 93.3 Å². The van der Waals surface area contributed by atoms with Crippen LogP contribution in [-0.4, -0.2) is 105 Å². The molecule has 0 aromatic heterocycles. The molecular weight excluding hydrogens is 1280 g/mol. The van der Waals surface area contributed by atoms with Crippen molar-refractivity contribution in [1.29, 1.82) is 0 Å². The summed E-state index contributed by atoms with van der Waals surface area (Å²) < 4.78 is 0. The lowest BCUT2D eigenvalue weighted by Gasteiger charge is -2.32. The average molecular weight is 1370 g/mol. The molecular formula is C83H88N4O14. The van der Waals surface area contributed by atoms with Crippen LogP contribution in [0.15, 0.2) is 200 Å². The van der Waals surface area contributed by atoms with Crippen molar-refractivity contribution in [2.24, 2.45) is 11.3 Å². The van der Waals surface area contributed by atoms with Gasteiger partial charge in [0.2, 0.25) is 0 Å². The monoisotopic (exact) mass is 1360 g/mol. The van der Waals surface area contributed by atoms with Gasteiger partial charge in [0.05, 0.1) is 11.4 Å². The van der Waals surface area contributed by atoms with Gasteiger partial charge in [-0.1, -0.05) is 190 Å². The normalized spacial score (nSPS) is 16.4. The molecule has 0 bridgehead atoms. The number of ketones is 6. The molecule has 0 N–H and O–H groups in total. The summed E-state index contributed by atoms with van der Waals surface area (Å²) in [5.41, 5.74) is 9.23. The predicted octanol–water partition coefficient (Wildman–Crippen LogP) is 12.4. The molecule has 0 radical (unpaired) electrons. The highest BCUT2D eigenvalue weighted by molar-refractivity contribution is 6.30. The summed E-state index contributed by atoms with van der Waals surface area (Å²) in [5, 5.41) is 0. The van der Waals surface area contributed by atoms with Crippen molar-refractivity contribution >= 4 is 93.3 Å². The first-order valence-electron chi connectivity index (χ1n) is 34.0. The second-order valence-corrected chi connectivity index (χ2v) is 25.8. The van der Waals surface area contributed by atoms with E-state index < -0.39 is 17.8 Å². The fourth-order valence-corrected chi connectivity index (χ4v) is 12.3. The Kier molecular flexibility index (Phi) is 29.0. The van der Waals surface area contributed by atoms with Crippen molar-refractivity contribution in [3.05, 3.63) is 250 Å². The average Bonchev–Trinajstić information content (AvgIpc) is 1.77. The minimum Gasteiger partial charge on any atom is -0.294 e. The maximum Gasteiger partial charge on any atom is 0.258 e. The van der Waals surface area contributed by atoms with Gasteiger partial charge in [-0.25, -0.2) is 9.80 Å². The van der Waals surface area contributed by atoms with Gasteiger partial charge in [0.1, 0.15) is 17.8 Å². The van der Waals surface area contributed by atoms with Crippen LogP contribution in [0.2, 0.25) is 0 Å². The summed E-state index contributed by atoms with van der Waals surface area (Å²) in [5.74, 6) is -4.50. The van der Waals surface area contributed by atoms with Crippen LogP contribution in [0.4, 0.5) is 11.4 Å².